The van der Waals surface area contributed by atoms with E-state index in [0.717, 1.165) is 0 Å². The van der Waals surface area contributed by atoms with E-state index < -0.39 is 11.4 Å². The van der Waals surface area contributed by atoms with Gasteiger partial charge in [-0.2, -0.15) is 5.10 Å². The number of nitrogens with zero attached hydrogens (tertiary/aromatic N) is 1. The molecule has 0 fully saturated rings. The van der Waals surface area contributed by atoms with Gasteiger partial charge in [0.15, 0.2) is 0 Å². The molecule has 0 radical (unpaired) electrons. The molecular formula is C11H10BrFN2O. The van der Waals surface area contributed by atoms with Crippen molar-refractivity contribution in [2.45, 2.75) is 19.8 Å². The van der Waals surface area contributed by atoms with Crippen LogP contribution in [-0.2, 0) is 0 Å². The molecule has 3 nitrogen and oxygen atoms in total. The van der Waals surface area contributed by atoms with Gasteiger partial charge in [0.25, 0.3) is 5.56 Å². The van der Waals surface area contributed by atoms with Gasteiger partial charge >= 0.3 is 0 Å². The number of hydrogen-bond donors (Lipinski definition) is 1. The van der Waals surface area contributed by atoms with Gasteiger partial charge in [0, 0.05) is 9.86 Å². The van der Waals surface area contributed by atoms with Crippen LogP contribution in [-0.4, -0.2) is 10.2 Å². The Kier molecular flexibility index (Phi) is 2.80. The van der Waals surface area contributed by atoms with E-state index in [2.05, 4.69) is 26.1 Å². The SMILES string of the molecule is CC(C)c1n[nH]c(=O)c2c(F)cc(Br)cc12. The van der Waals surface area contributed by atoms with Crippen molar-refractivity contribution in [1.82, 2.24) is 10.2 Å². The zero-order valence-electron chi connectivity index (χ0n) is 8.84. The number of nitrogens with one attached hydrogen (secondary N) is 1. The number of benzene rings is 1. The van der Waals surface area contributed by atoms with E-state index in [0.29, 0.717) is 15.6 Å². The highest BCUT2D eigenvalue weighted by Gasteiger charge is 2.13. The Balaban J connectivity index is 2.98. The Bertz CT molecular complexity index is 607. The second kappa shape index (κ2) is 3.97. The fourth-order valence-corrected chi connectivity index (χ4v) is 2.10. The maximum atomic E-state index is 13.7. The lowest BCUT2D eigenvalue weighted by molar-refractivity contribution is 0.636. The van der Waals surface area contributed by atoms with Crippen LogP contribution in [0, 0.1) is 5.82 Å². The molecule has 0 saturated heterocycles. The molecule has 0 aliphatic heterocycles. The van der Waals surface area contributed by atoms with Crippen molar-refractivity contribution in [1.29, 1.82) is 0 Å². The molecule has 0 amide bonds. The molecule has 5 heteroatoms. The predicted octanol–water partition coefficient (Wildman–Crippen LogP) is 2.95. The topological polar surface area (TPSA) is 45.8 Å². The summed E-state index contributed by atoms with van der Waals surface area (Å²) in [5, 5.41) is 6.92. The highest BCUT2D eigenvalue weighted by molar-refractivity contribution is 9.10. The summed E-state index contributed by atoms with van der Waals surface area (Å²) >= 11 is 3.21. The summed E-state index contributed by atoms with van der Waals surface area (Å²) in [5.41, 5.74) is 0.194. The molecule has 0 bridgehead atoms. The summed E-state index contributed by atoms with van der Waals surface area (Å²) in [5.74, 6) is -0.414. The number of aromatic amines is 1. The highest BCUT2D eigenvalue weighted by atomic mass is 79.9. The summed E-state index contributed by atoms with van der Waals surface area (Å²) < 4.78 is 14.3. The molecule has 0 aliphatic carbocycles. The summed E-state index contributed by atoms with van der Waals surface area (Å²) in [6, 6.07) is 3.00. The first-order chi connectivity index (χ1) is 7.50. The number of fused-ring (bicyclic) bond motifs is 1. The molecular weight excluding hydrogens is 275 g/mol. The van der Waals surface area contributed by atoms with E-state index in [9.17, 15) is 9.18 Å². The maximum absolute atomic E-state index is 13.7. The minimum atomic E-state index is -0.532. The first-order valence-electron chi connectivity index (χ1n) is 4.88. The average Bonchev–Trinajstić information content (AvgIpc) is 2.15. The van der Waals surface area contributed by atoms with Crippen molar-refractivity contribution in [3.63, 3.8) is 0 Å². The van der Waals surface area contributed by atoms with Crippen LogP contribution >= 0.6 is 15.9 Å². The molecule has 0 saturated carbocycles. The van der Waals surface area contributed by atoms with Crippen molar-refractivity contribution in [2.24, 2.45) is 0 Å². The summed E-state index contributed by atoms with van der Waals surface area (Å²) in [6.07, 6.45) is 0. The third kappa shape index (κ3) is 1.75. The van der Waals surface area contributed by atoms with Crippen molar-refractivity contribution >= 4 is 26.7 Å². The van der Waals surface area contributed by atoms with E-state index in [1.165, 1.54) is 6.07 Å². The molecule has 1 heterocycles. The Hall–Kier alpha value is -1.23. The van der Waals surface area contributed by atoms with E-state index in [1.807, 2.05) is 13.8 Å². The van der Waals surface area contributed by atoms with Crippen LogP contribution in [0.5, 0.6) is 0 Å². The molecule has 1 aromatic heterocycles. The average molecular weight is 285 g/mol. The van der Waals surface area contributed by atoms with E-state index in [1.54, 1.807) is 6.07 Å². The van der Waals surface area contributed by atoms with Crippen molar-refractivity contribution in [3.8, 4) is 0 Å². The molecule has 0 unspecified atom stereocenters. The van der Waals surface area contributed by atoms with Gasteiger partial charge < -0.3 is 0 Å². The summed E-state index contributed by atoms with van der Waals surface area (Å²) in [4.78, 5) is 11.5. The lowest BCUT2D eigenvalue weighted by Gasteiger charge is -2.08. The fourth-order valence-electron chi connectivity index (χ4n) is 1.67. The number of rotatable bonds is 1. The van der Waals surface area contributed by atoms with Crippen LogP contribution in [0.15, 0.2) is 21.4 Å². The molecule has 16 heavy (non-hydrogen) atoms. The Morgan fingerprint density at radius 3 is 2.75 bits per heavy atom. The van der Waals surface area contributed by atoms with Gasteiger partial charge in [-0.1, -0.05) is 29.8 Å². The smallest absolute Gasteiger partial charge is 0.267 e. The van der Waals surface area contributed by atoms with Gasteiger partial charge in [-0.05, 0) is 18.1 Å². The largest absolute Gasteiger partial charge is 0.275 e. The van der Waals surface area contributed by atoms with Crippen LogP contribution in [0.1, 0.15) is 25.5 Å². The van der Waals surface area contributed by atoms with E-state index in [4.69, 9.17) is 0 Å². The van der Waals surface area contributed by atoms with Gasteiger partial charge in [0.05, 0.1) is 11.1 Å². The number of aromatic nitrogens is 2. The van der Waals surface area contributed by atoms with Crippen molar-refractivity contribution in [2.75, 3.05) is 0 Å². The zero-order valence-corrected chi connectivity index (χ0v) is 10.4. The quantitative estimate of drug-likeness (QED) is 0.875. The molecule has 1 aromatic carbocycles. The minimum absolute atomic E-state index is 0.0712. The lowest BCUT2D eigenvalue weighted by atomic mass is 10.0. The normalized spacial score (nSPS) is 11.3. The monoisotopic (exact) mass is 284 g/mol. The van der Waals surface area contributed by atoms with Gasteiger partial charge in [-0.25, -0.2) is 9.49 Å². The van der Waals surface area contributed by atoms with Crippen LogP contribution in [0.4, 0.5) is 4.39 Å². The van der Waals surface area contributed by atoms with Crippen molar-refractivity contribution < 1.29 is 4.39 Å². The fraction of sp³-hybridized carbons (Fsp3) is 0.273. The predicted molar refractivity (Wildman–Crippen MR) is 64.1 cm³/mol. The van der Waals surface area contributed by atoms with Gasteiger partial charge in [-0.15, -0.1) is 0 Å². The molecule has 2 aromatic rings. The second-order valence-electron chi connectivity index (χ2n) is 3.90. The molecule has 1 N–H and O–H groups in total. The Labute approximate surface area is 99.8 Å². The molecule has 2 rings (SSSR count). The highest BCUT2D eigenvalue weighted by Crippen LogP contribution is 2.25. The molecule has 0 spiro atoms. The summed E-state index contributed by atoms with van der Waals surface area (Å²) in [7, 11) is 0. The van der Waals surface area contributed by atoms with Gasteiger partial charge in [-0.3, -0.25) is 4.79 Å². The number of hydrogen-bond acceptors (Lipinski definition) is 2. The van der Waals surface area contributed by atoms with Crippen LogP contribution < -0.4 is 5.56 Å². The van der Waals surface area contributed by atoms with Crippen LogP contribution in [0.3, 0.4) is 0 Å². The van der Waals surface area contributed by atoms with Crippen LogP contribution in [0.25, 0.3) is 10.8 Å². The van der Waals surface area contributed by atoms with Gasteiger partial charge in [0.1, 0.15) is 5.82 Å². The van der Waals surface area contributed by atoms with E-state index in [-0.39, 0.29) is 11.3 Å². The Morgan fingerprint density at radius 2 is 2.12 bits per heavy atom. The second-order valence-corrected chi connectivity index (χ2v) is 4.82. The Morgan fingerprint density at radius 1 is 1.44 bits per heavy atom. The maximum Gasteiger partial charge on any atom is 0.275 e. The minimum Gasteiger partial charge on any atom is -0.267 e. The molecule has 0 aliphatic rings. The standard InChI is InChI=1S/C11H10BrFN2O/c1-5(2)10-7-3-6(12)4-8(13)9(7)11(16)15-14-10/h3-5H,1-2H3,(H,15,16). The summed E-state index contributed by atoms with van der Waals surface area (Å²) in [6.45, 7) is 3.89. The first-order valence-corrected chi connectivity index (χ1v) is 5.67. The van der Waals surface area contributed by atoms with Gasteiger partial charge in [0.2, 0.25) is 0 Å². The van der Waals surface area contributed by atoms with E-state index >= 15 is 0 Å². The zero-order chi connectivity index (χ0) is 11.9. The van der Waals surface area contributed by atoms with Crippen molar-refractivity contribution in [3.05, 3.63) is 38.5 Å². The third-order valence-electron chi connectivity index (χ3n) is 2.38. The third-order valence-corrected chi connectivity index (χ3v) is 2.84. The number of halogens is 2. The molecule has 0 atom stereocenters. The first kappa shape index (κ1) is 11.3. The molecule has 84 valence electrons. The lowest BCUT2D eigenvalue weighted by Crippen LogP contribution is -2.13. The van der Waals surface area contributed by atoms with Crippen LogP contribution in [0.2, 0.25) is 0 Å². The number of H-pyrrole nitrogens is 1.